The van der Waals surface area contributed by atoms with Crippen LogP contribution in [0.1, 0.15) is 24.5 Å². The van der Waals surface area contributed by atoms with E-state index in [1.54, 1.807) is 12.4 Å². The van der Waals surface area contributed by atoms with E-state index in [0.717, 1.165) is 50.7 Å². The summed E-state index contributed by atoms with van der Waals surface area (Å²) in [5.74, 6) is 2.55. The lowest BCUT2D eigenvalue weighted by Gasteiger charge is -2.26. The first-order chi connectivity index (χ1) is 16.7. The Morgan fingerprint density at radius 2 is 1.91 bits per heavy atom. The molecule has 0 spiro atoms. The molecule has 1 aliphatic rings. The van der Waals surface area contributed by atoms with Crippen molar-refractivity contribution in [3.8, 4) is 17.1 Å². The first-order valence-corrected chi connectivity index (χ1v) is 13.0. The standard InChI is InChI=1S/C27H34N4O2S/c1-3-15-34-25-8-7-21(2)26(17-25)28-18-22-5-4-6-23(16-22)27-29-19-24(20-30-27)33-14-11-31-9-12-32-13-10-31/h4-8,16-17,19-20,28H,3,9-15,18H2,1-2H3. The number of nitrogens with zero attached hydrogens (tertiary/aromatic N) is 3. The molecule has 4 rings (SSSR count). The van der Waals surface area contributed by atoms with E-state index in [1.165, 1.54) is 28.1 Å². The van der Waals surface area contributed by atoms with Crippen LogP contribution in [-0.4, -0.2) is 60.1 Å². The Hall–Kier alpha value is -2.61. The van der Waals surface area contributed by atoms with Crippen LogP contribution in [0, 0.1) is 6.92 Å². The van der Waals surface area contributed by atoms with E-state index in [4.69, 9.17) is 9.47 Å². The quantitative estimate of drug-likeness (QED) is 0.376. The summed E-state index contributed by atoms with van der Waals surface area (Å²) in [7, 11) is 0. The van der Waals surface area contributed by atoms with Gasteiger partial charge in [0.1, 0.15) is 6.61 Å². The summed E-state index contributed by atoms with van der Waals surface area (Å²) in [5.41, 5.74) is 4.63. The van der Waals surface area contributed by atoms with E-state index in [-0.39, 0.29) is 0 Å². The van der Waals surface area contributed by atoms with Crippen molar-refractivity contribution in [2.45, 2.75) is 31.7 Å². The van der Waals surface area contributed by atoms with Crippen LogP contribution >= 0.6 is 11.8 Å². The lowest BCUT2D eigenvalue weighted by molar-refractivity contribution is 0.0322. The molecule has 2 aromatic carbocycles. The van der Waals surface area contributed by atoms with Gasteiger partial charge >= 0.3 is 0 Å². The molecule has 7 heteroatoms. The summed E-state index contributed by atoms with van der Waals surface area (Å²) in [4.78, 5) is 12.7. The van der Waals surface area contributed by atoms with Crippen molar-refractivity contribution >= 4 is 17.4 Å². The van der Waals surface area contributed by atoms with Gasteiger partial charge in [-0.15, -0.1) is 11.8 Å². The summed E-state index contributed by atoms with van der Waals surface area (Å²) < 4.78 is 11.2. The van der Waals surface area contributed by atoms with Crippen LogP contribution in [0.4, 0.5) is 5.69 Å². The Kier molecular flexibility index (Phi) is 9.19. The molecule has 0 radical (unpaired) electrons. The Labute approximate surface area is 207 Å². The van der Waals surface area contributed by atoms with Gasteiger partial charge in [0.15, 0.2) is 11.6 Å². The molecule has 0 saturated carbocycles. The largest absolute Gasteiger partial charge is 0.489 e. The van der Waals surface area contributed by atoms with Gasteiger partial charge in [-0.1, -0.05) is 31.2 Å². The first kappa shape index (κ1) is 24.5. The number of thioether (sulfide) groups is 1. The number of aryl methyl sites for hydroxylation is 1. The maximum absolute atomic E-state index is 5.84. The van der Waals surface area contributed by atoms with E-state index in [1.807, 2.05) is 17.8 Å². The van der Waals surface area contributed by atoms with Gasteiger partial charge in [-0.3, -0.25) is 4.90 Å². The number of aromatic nitrogens is 2. The van der Waals surface area contributed by atoms with E-state index < -0.39 is 0 Å². The van der Waals surface area contributed by atoms with E-state index in [9.17, 15) is 0 Å². The average molecular weight is 479 g/mol. The number of hydrogen-bond donors (Lipinski definition) is 1. The van der Waals surface area contributed by atoms with Crippen LogP contribution in [-0.2, 0) is 11.3 Å². The Balaban J connectivity index is 1.32. The maximum Gasteiger partial charge on any atom is 0.159 e. The Bertz CT molecular complexity index is 1040. The van der Waals surface area contributed by atoms with Crippen molar-refractivity contribution in [1.29, 1.82) is 0 Å². The molecule has 1 N–H and O–H groups in total. The number of rotatable bonds is 11. The summed E-state index contributed by atoms with van der Waals surface area (Å²) >= 11 is 1.90. The molecule has 0 atom stereocenters. The predicted octanol–water partition coefficient (Wildman–Crippen LogP) is 5.28. The minimum absolute atomic E-state index is 0.626. The molecule has 0 bridgehead atoms. The van der Waals surface area contributed by atoms with Gasteiger partial charge in [0.05, 0.1) is 25.6 Å². The lowest BCUT2D eigenvalue weighted by Crippen LogP contribution is -2.38. The highest BCUT2D eigenvalue weighted by atomic mass is 32.2. The SMILES string of the molecule is CCCSc1ccc(C)c(NCc2cccc(-c3ncc(OCCN4CCOCC4)cn3)c2)c1. The van der Waals surface area contributed by atoms with Crippen LogP contribution in [0.2, 0.25) is 0 Å². The molecule has 1 aliphatic heterocycles. The smallest absolute Gasteiger partial charge is 0.159 e. The molecule has 3 aromatic rings. The number of hydrogen-bond acceptors (Lipinski definition) is 7. The highest BCUT2D eigenvalue weighted by Crippen LogP contribution is 2.26. The third-order valence-corrected chi connectivity index (χ3v) is 6.96. The third kappa shape index (κ3) is 7.19. The van der Waals surface area contributed by atoms with Crippen LogP contribution < -0.4 is 10.1 Å². The monoisotopic (exact) mass is 478 g/mol. The zero-order valence-electron chi connectivity index (χ0n) is 20.1. The summed E-state index contributed by atoms with van der Waals surface area (Å²) in [6.45, 7) is 10.2. The topological polar surface area (TPSA) is 59.5 Å². The molecule has 34 heavy (non-hydrogen) atoms. The minimum Gasteiger partial charge on any atom is -0.489 e. The van der Waals surface area contributed by atoms with Gasteiger partial charge in [0.25, 0.3) is 0 Å². The number of nitrogens with one attached hydrogen (secondary N) is 1. The van der Waals surface area contributed by atoms with Crippen molar-refractivity contribution in [2.24, 2.45) is 0 Å². The number of benzene rings is 2. The number of ether oxygens (including phenoxy) is 2. The molecule has 0 unspecified atom stereocenters. The molecule has 1 aromatic heterocycles. The Morgan fingerprint density at radius 1 is 1.09 bits per heavy atom. The van der Waals surface area contributed by atoms with Crippen molar-refractivity contribution in [2.75, 3.05) is 50.5 Å². The van der Waals surface area contributed by atoms with Gasteiger partial charge in [-0.2, -0.15) is 0 Å². The van der Waals surface area contributed by atoms with E-state index in [0.29, 0.717) is 18.2 Å². The molecule has 180 valence electrons. The molecular formula is C27H34N4O2S. The zero-order valence-corrected chi connectivity index (χ0v) is 20.9. The second-order valence-corrected chi connectivity index (χ2v) is 9.59. The fraction of sp³-hybridized carbons (Fsp3) is 0.407. The fourth-order valence-corrected chi connectivity index (χ4v) is 4.58. The van der Waals surface area contributed by atoms with Gasteiger partial charge in [0.2, 0.25) is 0 Å². The molecule has 6 nitrogen and oxygen atoms in total. The van der Waals surface area contributed by atoms with Gasteiger partial charge in [-0.05, 0) is 48.4 Å². The first-order valence-electron chi connectivity index (χ1n) is 12.0. The van der Waals surface area contributed by atoms with Crippen LogP contribution in [0.5, 0.6) is 5.75 Å². The van der Waals surface area contributed by atoms with Gasteiger partial charge in [0, 0.05) is 42.3 Å². The summed E-state index contributed by atoms with van der Waals surface area (Å²) in [6.07, 6.45) is 4.70. The molecule has 1 fully saturated rings. The van der Waals surface area contributed by atoms with Crippen molar-refractivity contribution < 1.29 is 9.47 Å². The zero-order chi connectivity index (χ0) is 23.6. The second-order valence-electron chi connectivity index (χ2n) is 8.42. The van der Waals surface area contributed by atoms with Crippen molar-refractivity contribution in [1.82, 2.24) is 14.9 Å². The second kappa shape index (κ2) is 12.7. The molecule has 2 heterocycles. The molecular weight excluding hydrogens is 444 g/mol. The maximum atomic E-state index is 5.84. The number of morpholine rings is 1. The molecule has 0 aliphatic carbocycles. The van der Waals surface area contributed by atoms with Crippen LogP contribution in [0.3, 0.4) is 0 Å². The van der Waals surface area contributed by atoms with E-state index in [2.05, 4.69) is 70.4 Å². The average Bonchev–Trinajstić information content (AvgIpc) is 2.88. The molecule has 1 saturated heterocycles. The third-order valence-electron chi connectivity index (χ3n) is 5.76. The Morgan fingerprint density at radius 3 is 2.71 bits per heavy atom. The molecule has 0 amide bonds. The van der Waals surface area contributed by atoms with Crippen molar-refractivity contribution in [3.05, 3.63) is 66.0 Å². The van der Waals surface area contributed by atoms with Crippen LogP contribution in [0.25, 0.3) is 11.4 Å². The highest BCUT2D eigenvalue weighted by Gasteiger charge is 2.10. The lowest BCUT2D eigenvalue weighted by atomic mass is 10.1. The van der Waals surface area contributed by atoms with Crippen LogP contribution in [0.15, 0.2) is 59.8 Å². The normalized spacial score (nSPS) is 14.2. The summed E-state index contributed by atoms with van der Waals surface area (Å²) in [6, 6.07) is 15.0. The van der Waals surface area contributed by atoms with Gasteiger partial charge in [-0.25, -0.2) is 9.97 Å². The number of anilines is 1. The summed E-state index contributed by atoms with van der Waals surface area (Å²) in [5, 5.41) is 3.60. The van der Waals surface area contributed by atoms with E-state index >= 15 is 0 Å². The fourth-order valence-electron chi connectivity index (χ4n) is 3.78. The minimum atomic E-state index is 0.626. The highest BCUT2D eigenvalue weighted by molar-refractivity contribution is 7.99. The van der Waals surface area contributed by atoms with Crippen molar-refractivity contribution in [3.63, 3.8) is 0 Å². The van der Waals surface area contributed by atoms with Gasteiger partial charge < -0.3 is 14.8 Å². The predicted molar refractivity (Wildman–Crippen MR) is 140 cm³/mol.